The Morgan fingerprint density at radius 3 is 2.95 bits per heavy atom. The van der Waals surface area contributed by atoms with E-state index in [9.17, 15) is 4.79 Å². The molecule has 0 spiro atoms. The Hall–Kier alpha value is -2.14. The number of aromatic amines is 1. The molecule has 110 valence electrons. The number of benzene rings is 1. The van der Waals surface area contributed by atoms with Gasteiger partial charge in [0, 0.05) is 23.6 Å². The first-order valence-electron chi connectivity index (χ1n) is 7.17. The number of aliphatic hydroxyl groups is 1. The van der Waals surface area contributed by atoms with Crippen molar-refractivity contribution < 1.29 is 14.6 Å². The molecule has 0 amide bonds. The highest BCUT2D eigenvalue weighted by molar-refractivity contribution is 5.98. The molecule has 3 rings (SSSR count). The molecule has 1 aromatic carbocycles. The first-order chi connectivity index (χ1) is 10.3. The van der Waals surface area contributed by atoms with Gasteiger partial charge in [0.2, 0.25) is 0 Å². The SMILES string of the molecule is O=C(c1ccc(OCCO)cc1)C1CCc2[nH]cnc2C1. The number of carbonyl (C=O) groups excluding carboxylic acids is 1. The van der Waals surface area contributed by atoms with Crippen molar-refractivity contribution in [3.8, 4) is 5.75 Å². The number of nitrogens with zero attached hydrogens (tertiary/aromatic N) is 1. The van der Waals surface area contributed by atoms with Crippen molar-refractivity contribution >= 4 is 5.78 Å². The van der Waals surface area contributed by atoms with Crippen molar-refractivity contribution in [2.45, 2.75) is 19.3 Å². The molecule has 0 saturated carbocycles. The summed E-state index contributed by atoms with van der Waals surface area (Å²) in [5.41, 5.74) is 2.88. The Bertz CT molecular complexity index is 619. The smallest absolute Gasteiger partial charge is 0.166 e. The van der Waals surface area contributed by atoms with Crippen LogP contribution in [0.2, 0.25) is 0 Å². The van der Waals surface area contributed by atoms with Crippen molar-refractivity contribution in [2.75, 3.05) is 13.2 Å². The molecule has 2 N–H and O–H groups in total. The van der Waals surface area contributed by atoms with E-state index in [1.807, 2.05) is 0 Å². The Balaban J connectivity index is 1.68. The summed E-state index contributed by atoms with van der Waals surface area (Å²) < 4.78 is 5.30. The number of imidazole rings is 1. The Morgan fingerprint density at radius 2 is 2.19 bits per heavy atom. The predicted molar refractivity (Wildman–Crippen MR) is 77.5 cm³/mol. The third kappa shape index (κ3) is 2.97. The van der Waals surface area contributed by atoms with Gasteiger partial charge in [-0.15, -0.1) is 0 Å². The Kier molecular flexibility index (Phi) is 4.01. The first kappa shape index (κ1) is 13.8. The molecular weight excluding hydrogens is 268 g/mol. The third-order valence-electron chi connectivity index (χ3n) is 3.86. The van der Waals surface area contributed by atoms with E-state index in [1.165, 1.54) is 0 Å². The predicted octanol–water partition coefficient (Wildman–Crippen LogP) is 1.77. The number of carbonyl (C=O) groups is 1. The molecule has 0 radical (unpaired) electrons. The van der Waals surface area contributed by atoms with Gasteiger partial charge in [-0.25, -0.2) is 4.98 Å². The van der Waals surface area contributed by atoms with Gasteiger partial charge in [-0.1, -0.05) is 0 Å². The second kappa shape index (κ2) is 6.10. The molecule has 1 atom stereocenters. The van der Waals surface area contributed by atoms with Crippen LogP contribution in [0, 0.1) is 5.92 Å². The zero-order chi connectivity index (χ0) is 14.7. The highest BCUT2D eigenvalue weighted by atomic mass is 16.5. The number of aromatic nitrogens is 2. The van der Waals surface area contributed by atoms with Gasteiger partial charge in [0.25, 0.3) is 0 Å². The number of nitrogens with one attached hydrogen (secondary N) is 1. The second-order valence-corrected chi connectivity index (χ2v) is 5.23. The molecule has 1 aliphatic rings. The van der Waals surface area contributed by atoms with Crippen LogP contribution in [0.1, 0.15) is 28.2 Å². The lowest BCUT2D eigenvalue weighted by atomic mass is 9.84. The van der Waals surface area contributed by atoms with Crippen LogP contribution in [0.25, 0.3) is 0 Å². The van der Waals surface area contributed by atoms with Gasteiger partial charge in [-0.2, -0.15) is 0 Å². The minimum Gasteiger partial charge on any atom is -0.491 e. The summed E-state index contributed by atoms with van der Waals surface area (Å²) in [7, 11) is 0. The number of rotatable bonds is 5. The third-order valence-corrected chi connectivity index (χ3v) is 3.86. The van der Waals surface area contributed by atoms with Gasteiger partial charge in [0.1, 0.15) is 12.4 Å². The first-order valence-corrected chi connectivity index (χ1v) is 7.17. The zero-order valence-corrected chi connectivity index (χ0v) is 11.7. The molecule has 1 aliphatic carbocycles. The molecule has 1 aromatic heterocycles. The van der Waals surface area contributed by atoms with Crippen LogP contribution in [0.5, 0.6) is 5.75 Å². The fourth-order valence-electron chi connectivity index (χ4n) is 2.73. The normalized spacial score (nSPS) is 17.3. The summed E-state index contributed by atoms with van der Waals surface area (Å²) in [4.78, 5) is 19.9. The summed E-state index contributed by atoms with van der Waals surface area (Å²) in [5, 5.41) is 8.72. The zero-order valence-electron chi connectivity index (χ0n) is 11.7. The van der Waals surface area contributed by atoms with Crippen molar-refractivity contribution in [1.29, 1.82) is 0 Å². The van der Waals surface area contributed by atoms with Crippen LogP contribution in [-0.4, -0.2) is 34.1 Å². The molecule has 2 aromatic rings. The minimum atomic E-state index is -0.0191. The van der Waals surface area contributed by atoms with Crippen LogP contribution < -0.4 is 4.74 Å². The molecule has 5 heteroatoms. The molecule has 21 heavy (non-hydrogen) atoms. The minimum absolute atomic E-state index is 0.00464. The topological polar surface area (TPSA) is 75.2 Å². The quantitative estimate of drug-likeness (QED) is 0.821. The van der Waals surface area contributed by atoms with Crippen LogP contribution in [0.15, 0.2) is 30.6 Å². The molecule has 0 aliphatic heterocycles. The van der Waals surface area contributed by atoms with E-state index in [1.54, 1.807) is 30.6 Å². The van der Waals surface area contributed by atoms with Crippen molar-refractivity contribution in [1.82, 2.24) is 9.97 Å². The average molecular weight is 286 g/mol. The van der Waals surface area contributed by atoms with E-state index in [0.29, 0.717) is 17.7 Å². The van der Waals surface area contributed by atoms with E-state index in [2.05, 4.69) is 9.97 Å². The van der Waals surface area contributed by atoms with Crippen LogP contribution >= 0.6 is 0 Å². The van der Waals surface area contributed by atoms with E-state index < -0.39 is 0 Å². The summed E-state index contributed by atoms with van der Waals surface area (Å²) in [6.07, 6.45) is 4.14. The number of ketones is 1. The number of ether oxygens (including phenoxy) is 1. The fraction of sp³-hybridized carbons (Fsp3) is 0.375. The molecule has 1 unspecified atom stereocenters. The van der Waals surface area contributed by atoms with Crippen molar-refractivity contribution in [3.63, 3.8) is 0 Å². The van der Waals surface area contributed by atoms with E-state index in [0.717, 1.165) is 24.2 Å². The van der Waals surface area contributed by atoms with Crippen molar-refractivity contribution in [3.05, 3.63) is 47.5 Å². The molecular formula is C16H18N2O3. The lowest BCUT2D eigenvalue weighted by Crippen LogP contribution is -2.22. The summed E-state index contributed by atoms with van der Waals surface area (Å²) in [6, 6.07) is 7.11. The highest BCUT2D eigenvalue weighted by Gasteiger charge is 2.26. The van der Waals surface area contributed by atoms with Gasteiger partial charge in [0.15, 0.2) is 5.78 Å². The van der Waals surface area contributed by atoms with Gasteiger partial charge >= 0.3 is 0 Å². The maximum absolute atomic E-state index is 12.5. The summed E-state index contributed by atoms with van der Waals surface area (Å²) >= 11 is 0. The van der Waals surface area contributed by atoms with Gasteiger partial charge in [0.05, 0.1) is 18.6 Å². The number of Topliss-reactive ketones (excluding diaryl/α,β-unsaturated/α-hetero) is 1. The number of hydrogen-bond acceptors (Lipinski definition) is 4. The van der Waals surface area contributed by atoms with Crippen LogP contribution in [-0.2, 0) is 12.8 Å². The lowest BCUT2D eigenvalue weighted by Gasteiger charge is -2.20. The van der Waals surface area contributed by atoms with E-state index in [-0.39, 0.29) is 24.9 Å². The van der Waals surface area contributed by atoms with E-state index >= 15 is 0 Å². The van der Waals surface area contributed by atoms with Crippen molar-refractivity contribution in [2.24, 2.45) is 5.92 Å². The molecule has 0 bridgehead atoms. The number of H-pyrrole nitrogens is 1. The maximum Gasteiger partial charge on any atom is 0.166 e. The average Bonchev–Trinajstić information content (AvgIpc) is 3.00. The van der Waals surface area contributed by atoms with E-state index in [4.69, 9.17) is 9.84 Å². The monoisotopic (exact) mass is 286 g/mol. The van der Waals surface area contributed by atoms with Crippen LogP contribution in [0.3, 0.4) is 0 Å². The maximum atomic E-state index is 12.5. The molecule has 0 fully saturated rings. The highest BCUT2D eigenvalue weighted by Crippen LogP contribution is 2.26. The van der Waals surface area contributed by atoms with Gasteiger partial charge < -0.3 is 14.8 Å². The molecule has 1 heterocycles. The van der Waals surface area contributed by atoms with Gasteiger partial charge in [-0.05, 0) is 37.1 Å². The molecule has 5 nitrogen and oxygen atoms in total. The number of hydrogen-bond donors (Lipinski definition) is 2. The van der Waals surface area contributed by atoms with Crippen LogP contribution in [0.4, 0.5) is 0 Å². The second-order valence-electron chi connectivity index (χ2n) is 5.23. The summed E-state index contributed by atoms with van der Waals surface area (Å²) in [6.45, 7) is 0.243. The number of aryl methyl sites for hydroxylation is 1. The number of fused-ring (bicyclic) bond motifs is 1. The standard InChI is InChI=1S/C16H18N2O3/c19-7-8-21-13-4-1-11(2-5-13)16(20)12-3-6-14-15(9-12)18-10-17-14/h1-2,4-5,10,12,19H,3,6-9H2,(H,17,18). The summed E-state index contributed by atoms with van der Waals surface area (Å²) in [5.74, 6) is 0.834. The Labute approximate surface area is 123 Å². The largest absolute Gasteiger partial charge is 0.491 e. The number of aliphatic hydroxyl groups excluding tert-OH is 1. The Morgan fingerprint density at radius 1 is 1.38 bits per heavy atom. The fourth-order valence-corrected chi connectivity index (χ4v) is 2.73. The van der Waals surface area contributed by atoms with Gasteiger partial charge in [-0.3, -0.25) is 4.79 Å². The lowest BCUT2D eigenvalue weighted by molar-refractivity contribution is 0.0907. The molecule has 0 saturated heterocycles.